The lowest BCUT2D eigenvalue weighted by atomic mass is 10.3. The van der Waals surface area contributed by atoms with Gasteiger partial charge in [-0.1, -0.05) is 11.8 Å². The van der Waals surface area contributed by atoms with Crippen LogP contribution in [-0.4, -0.2) is 34.9 Å². The number of hydrogen-bond acceptors (Lipinski definition) is 6. The largest absolute Gasteiger partial charge is 0.477 e. The topological polar surface area (TPSA) is 76.5 Å². The standard InChI is InChI=1S/C10H13NO4S2/c1-6-8(9(13)14)17-10(11-6)16-5-3-4-7(12)15-2/h3-5H2,1-2H3,(H,13,14). The number of esters is 1. The minimum Gasteiger partial charge on any atom is -0.477 e. The lowest BCUT2D eigenvalue weighted by Gasteiger charge is -1.97. The molecule has 0 unspecified atom stereocenters. The van der Waals surface area contributed by atoms with Crippen LogP contribution in [0.5, 0.6) is 0 Å². The number of carbonyl (C=O) groups excluding carboxylic acids is 1. The number of carboxylic acids is 1. The number of nitrogens with zero attached hydrogens (tertiary/aromatic N) is 1. The highest BCUT2D eigenvalue weighted by Gasteiger charge is 2.14. The first-order valence-corrected chi connectivity index (χ1v) is 6.75. The van der Waals surface area contributed by atoms with Gasteiger partial charge in [-0.05, 0) is 13.3 Å². The Morgan fingerprint density at radius 2 is 2.24 bits per heavy atom. The summed E-state index contributed by atoms with van der Waals surface area (Å²) in [6.07, 6.45) is 1.07. The van der Waals surface area contributed by atoms with E-state index in [1.54, 1.807) is 6.92 Å². The minimum atomic E-state index is -0.943. The molecule has 0 atom stereocenters. The molecule has 0 aliphatic heterocycles. The Kier molecular flexibility index (Phi) is 5.43. The van der Waals surface area contributed by atoms with E-state index < -0.39 is 5.97 Å². The van der Waals surface area contributed by atoms with E-state index in [4.69, 9.17) is 5.11 Å². The third-order valence-corrected chi connectivity index (χ3v) is 4.32. The van der Waals surface area contributed by atoms with Crippen molar-refractivity contribution in [1.29, 1.82) is 0 Å². The van der Waals surface area contributed by atoms with Crippen molar-refractivity contribution in [2.75, 3.05) is 12.9 Å². The smallest absolute Gasteiger partial charge is 0.347 e. The molecule has 0 radical (unpaired) electrons. The maximum absolute atomic E-state index is 10.8. The van der Waals surface area contributed by atoms with Crippen LogP contribution in [0, 0.1) is 6.92 Å². The van der Waals surface area contributed by atoms with E-state index >= 15 is 0 Å². The molecule has 0 saturated heterocycles. The fourth-order valence-electron chi connectivity index (χ4n) is 1.11. The van der Waals surface area contributed by atoms with Crippen LogP contribution in [0.25, 0.3) is 0 Å². The summed E-state index contributed by atoms with van der Waals surface area (Å²) in [5, 5.41) is 8.86. The zero-order chi connectivity index (χ0) is 12.8. The van der Waals surface area contributed by atoms with Gasteiger partial charge in [0.15, 0.2) is 4.34 Å². The molecule has 0 bridgehead atoms. The molecule has 0 aliphatic rings. The molecular formula is C10H13NO4S2. The van der Waals surface area contributed by atoms with Gasteiger partial charge in [-0.25, -0.2) is 9.78 Å². The number of hydrogen-bond donors (Lipinski definition) is 1. The predicted octanol–water partition coefficient (Wildman–Crippen LogP) is 2.20. The number of aryl methyl sites for hydroxylation is 1. The SMILES string of the molecule is COC(=O)CCCSc1nc(C)c(C(=O)O)s1. The van der Waals surface area contributed by atoms with Gasteiger partial charge in [-0.15, -0.1) is 11.3 Å². The van der Waals surface area contributed by atoms with Crippen LogP contribution in [0.4, 0.5) is 0 Å². The van der Waals surface area contributed by atoms with Crippen molar-refractivity contribution >= 4 is 35.0 Å². The average molecular weight is 275 g/mol. The summed E-state index contributed by atoms with van der Waals surface area (Å²) in [5.74, 6) is -0.449. The number of ether oxygens (including phenoxy) is 1. The Labute approximate surface area is 107 Å². The number of carboxylic acid groups (broad SMARTS) is 1. The summed E-state index contributed by atoms with van der Waals surface area (Å²) >= 11 is 2.63. The van der Waals surface area contributed by atoms with Crippen LogP contribution in [0.1, 0.15) is 28.2 Å². The quantitative estimate of drug-likeness (QED) is 0.487. The van der Waals surface area contributed by atoms with Gasteiger partial charge in [0.1, 0.15) is 4.88 Å². The second kappa shape index (κ2) is 6.61. The highest BCUT2D eigenvalue weighted by molar-refractivity contribution is 8.01. The predicted molar refractivity (Wildman–Crippen MR) is 65.8 cm³/mol. The fraction of sp³-hybridized carbons (Fsp3) is 0.500. The highest BCUT2D eigenvalue weighted by Crippen LogP contribution is 2.27. The Bertz CT molecular complexity index is 416. The molecule has 1 heterocycles. The number of methoxy groups -OCH3 is 1. The molecule has 0 saturated carbocycles. The third-order valence-electron chi connectivity index (χ3n) is 1.95. The monoisotopic (exact) mass is 275 g/mol. The van der Waals surface area contributed by atoms with Crippen LogP contribution >= 0.6 is 23.1 Å². The summed E-state index contributed by atoms with van der Waals surface area (Å²) in [7, 11) is 1.36. The molecular weight excluding hydrogens is 262 g/mol. The van der Waals surface area contributed by atoms with Crippen molar-refractivity contribution in [2.24, 2.45) is 0 Å². The van der Waals surface area contributed by atoms with Crippen LogP contribution in [0.2, 0.25) is 0 Å². The van der Waals surface area contributed by atoms with Gasteiger partial charge in [0.05, 0.1) is 12.8 Å². The molecule has 0 aliphatic carbocycles. The number of aromatic carboxylic acids is 1. The van der Waals surface area contributed by atoms with Crippen molar-refractivity contribution < 1.29 is 19.4 Å². The number of thioether (sulfide) groups is 1. The van der Waals surface area contributed by atoms with Crippen LogP contribution in [0.3, 0.4) is 0 Å². The number of carbonyl (C=O) groups is 2. The summed E-state index contributed by atoms with van der Waals surface area (Å²) in [5.41, 5.74) is 0.540. The second-order valence-electron chi connectivity index (χ2n) is 3.23. The van der Waals surface area contributed by atoms with E-state index in [1.165, 1.54) is 30.2 Å². The van der Waals surface area contributed by atoms with Crippen molar-refractivity contribution in [3.63, 3.8) is 0 Å². The zero-order valence-corrected chi connectivity index (χ0v) is 11.2. The Hall–Kier alpha value is -1.08. The molecule has 1 aromatic rings. The van der Waals surface area contributed by atoms with Gasteiger partial charge in [0.25, 0.3) is 0 Å². The number of thiazole rings is 1. The lowest BCUT2D eigenvalue weighted by molar-refractivity contribution is -0.140. The van der Waals surface area contributed by atoms with Crippen molar-refractivity contribution in [3.05, 3.63) is 10.6 Å². The molecule has 1 rings (SSSR count). The van der Waals surface area contributed by atoms with Gasteiger partial charge < -0.3 is 9.84 Å². The van der Waals surface area contributed by atoms with Gasteiger partial charge in [-0.3, -0.25) is 4.79 Å². The second-order valence-corrected chi connectivity index (χ2v) is 5.57. The van der Waals surface area contributed by atoms with Crippen molar-refractivity contribution in [2.45, 2.75) is 24.1 Å². The van der Waals surface area contributed by atoms with Crippen molar-refractivity contribution in [3.8, 4) is 0 Å². The Balaban J connectivity index is 2.40. The molecule has 0 aromatic carbocycles. The van der Waals surface area contributed by atoms with Gasteiger partial charge in [0.2, 0.25) is 0 Å². The van der Waals surface area contributed by atoms with Gasteiger partial charge >= 0.3 is 11.9 Å². The van der Waals surface area contributed by atoms with E-state index in [1.807, 2.05) is 0 Å². The number of rotatable bonds is 6. The first-order chi connectivity index (χ1) is 8.04. The molecule has 0 fully saturated rings. The lowest BCUT2D eigenvalue weighted by Crippen LogP contribution is -1.99. The van der Waals surface area contributed by atoms with E-state index in [9.17, 15) is 9.59 Å². The summed E-state index contributed by atoms with van der Waals surface area (Å²) < 4.78 is 5.24. The van der Waals surface area contributed by atoms with Gasteiger partial charge in [-0.2, -0.15) is 0 Å². The average Bonchev–Trinajstić information content (AvgIpc) is 2.65. The Morgan fingerprint density at radius 3 is 2.76 bits per heavy atom. The normalized spacial score (nSPS) is 10.2. The Morgan fingerprint density at radius 1 is 1.53 bits per heavy atom. The van der Waals surface area contributed by atoms with E-state index in [-0.39, 0.29) is 10.8 Å². The van der Waals surface area contributed by atoms with E-state index in [0.29, 0.717) is 18.5 Å². The number of aromatic nitrogens is 1. The first kappa shape index (κ1) is 14.0. The molecule has 17 heavy (non-hydrogen) atoms. The summed E-state index contributed by atoms with van der Waals surface area (Å²) in [6, 6.07) is 0. The third kappa shape index (κ3) is 4.35. The molecule has 7 heteroatoms. The molecule has 0 amide bonds. The van der Waals surface area contributed by atoms with Crippen LogP contribution in [0.15, 0.2) is 4.34 Å². The van der Waals surface area contributed by atoms with Crippen molar-refractivity contribution in [1.82, 2.24) is 4.98 Å². The van der Waals surface area contributed by atoms with E-state index in [2.05, 4.69) is 9.72 Å². The molecule has 0 spiro atoms. The minimum absolute atomic E-state index is 0.229. The molecule has 1 aromatic heterocycles. The first-order valence-electron chi connectivity index (χ1n) is 4.95. The molecule has 5 nitrogen and oxygen atoms in total. The van der Waals surface area contributed by atoms with Crippen LogP contribution < -0.4 is 0 Å². The van der Waals surface area contributed by atoms with Gasteiger partial charge in [0, 0.05) is 12.2 Å². The maximum Gasteiger partial charge on any atom is 0.347 e. The summed E-state index contributed by atoms with van der Waals surface area (Å²) in [6.45, 7) is 1.68. The maximum atomic E-state index is 10.8. The van der Waals surface area contributed by atoms with Crippen LogP contribution in [-0.2, 0) is 9.53 Å². The summed E-state index contributed by atoms with van der Waals surface area (Å²) in [4.78, 5) is 26.1. The molecule has 1 N–H and O–H groups in total. The zero-order valence-electron chi connectivity index (χ0n) is 9.56. The van der Waals surface area contributed by atoms with E-state index in [0.717, 1.165) is 10.1 Å². The highest BCUT2D eigenvalue weighted by atomic mass is 32.2. The molecule has 94 valence electrons. The fourth-order valence-corrected chi connectivity index (χ4v) is 3.15.